The van der Waals surface area contributed by atoms with Crippen LogP contribution in [0.2, 0.25) is 0 Å². The lowest BCUT2D eigenvalue weighted by Crippen LogP contribution is -2.01. The van der Waals surface area contributed by atoms with E-state index >= 15 is 0 Å². The van der Waals surface area contributed by atoms with Gasteiger partial charge >= 0.3 is 5.97 Å². The van der Waals surface area contributed by atoms with Crippen LogP contribution in [0.3, 0.4) is 0 Å². The van der Waals surface area contributed by atoms with Crippen LogP contribution in [0, 0.1) is 5.82 Å². The maximum absolute atomic E-state index is 13.4. The van der Waals surface area contributed by atoms with Crippen molar-refractivity contribution in [1.29, 1.82) is 0 Å². The molecule has 116 valence electrons. The summed E-state index contributed by atoms with van der Waals surface area (Å²) in [7, 11) is 0. The van der Waals surface area contributed by atoms with Gasteiger partial charge in [-0.1, -0.05) is 12.1 Å². The summed E-state index contributed by atoms with van der Waals surface area (Å²) in [5.41, 5.74) is 1.61. The van der Waals surface area contributed by atoms with Gasteiger partial charge in [-0.15, -0.1) is 0 Å². The fourth-order valence-electron chi connectivity index (χ4n) is 2.47. The zero-order chi connectivity index (χ0) is 16.4. The molecule has 23 heavy (non-hydrogen) atoms. The van der Waals surface area contributed by atoms with E-state index in [-0.39, 0.29) is 10.9 Å². The van der Waals surface area contributed by atoms with E-state index in [0.717, 1.165) is 0 Å². The molecule has 0 atom stereocenters. The minimum Gasteiger partial charge on any atom is -0.493 e. The van der Waals surface area contributed by atoms with Crippen molar-refractivity contribution in [2.45, 2.75) is 6.92 Å². The van der Waals surface area contributed by atoms with E-state index in [1.54, 1.807) is 6.07 Å². The number of aromatic nitrogens is 1. The van der Waals surface area contributed by atoms with E-state index in [0.29, 0.717) is 29.1 Å². The van der Waals surface area contributed by atoms with E-state index in [2.05, 4.69) is 4.98 Å². The molecule has 0 saturated heterocycles. The number of aromatic carboxylic acids is 1. The first kappa shape index (κ1) is 15.0. The van der Waals surface area contributed by atoms with Crippen molar-refractivity contribution in [2.75, 3.05) is 6.61 Å². The monoisotopic (exact) mass is 311 g/mol. The van der Waals surface area contributed by atoms with E-state index in [1.165, 1.54) is 24.3 Å². The Balaban J connectivity index is 2.27. The summed E-state index contributed by atoms with van der Waals surface area (Å²) in [5.74, 6) is -0.997. The first-order valence-electron chi connectivity index (χ1n) is 7.16. The number of para-hydroxylation sites is 1. The molecule has 0 bridgehead atoms. The lowest BCUT2D eigenvalue weighted by molar-refractivity contribution is 0.0699. The molecule has 0 fully saturated rings. The minimum atomic E-state index is -1.13. The van der Waals surface area contributed by atoms with Gasteiger partial charge < -0.3 is 9.84 Å². The Morgan fingerprint density at radius 3 is 2.74 bits per heavy atom. The third-order valence-electron chi connectivity index (χ3n) is 3.46. The summed E-state index contributed by atoms with van der Waals surface area (Å²) in [4.78, 5) is 16.0. The lowest BCUT2D eigenvalue weighted by Gasteiger charge is -2.11. The summed E-state index contributed by atoms with van der Waals surface area (Å²) in [6.45, 7) is 2.36. The van der Waals surface area contributed by atoms with Crippen LogP contribution in [0.25, 0.3) is 22.2 Å². The second kappa shape index (κ2) is 6.04. The van der Waals surface area contributed by atoms with Crippen molar-refractivity contribution in [3.05, 3.63) is 59.9 Å². The Hall–Kier alpha value is -2.95. The average molecular weight is 311 g/mol. The van der Waals surface area contributed by atoms with Crippen molar-refractivity contribution in [3.8, 4) is 17.0 Å². The lowest BCUT2D eigenvalue weighted by atomic mass is 10.0. The quantitative estimate of drug-likeness (QED) is 0.786. The van der Waals surface area contributed by atoms with Crippen LogP contribution in [-0.4, -0.2) is 22.7 Å². The van der Waals surface area contributed by atoms with Gasteiger partial charge in [0.05, 0.1) is 23.4 Å². The molecule has 3 aromatic rings. The topological polar surface area (TPSA) is 59.4 Å². The molecular weight excluding hydrogens is 297 g/mol. The Labute approximate surface area is 132 Å². The van der Waals surface area contributed by atoms with Gasteiger partial charge in [-0.3, -0.25) is 0 Å². The highest BCUT2D eigenvalue weighted by molar-refractivity contribution is 6.03. The molecule has 0 spiro atoms. The number of carbonyl (C=O) groups is 1. The predicted molar refractivity (Wildman–Crippen MR) is 85.3 cm³/mol. The molecule has 3 rings (SSSR count). The highest BCUT2D eigenvalue weighted by atomic mass is 19.1. The number of pyridine rings is 1. The molecule has 0 amide bonds. The van der Waals surface area contributed by atoms with Crippen LogP contribution >= 0.6 is 0 Å². The summed E-state index contributed by atoms with van der Waals surface area (Å²) < 4.78 is 19.0. The molecule has 1 heterocycles. The van der Waals surface area contributed by atoms with Crippen molar-refractivity contribution in [1.82, 2.24) is 4.98 Å². The van der Waals surface area contributed by atoms with Gasteiger partial charge in [-0.05, 0) is 43.3 Å². The smallest absolute Gasteiger partial charge is 0.336 e. The van der Waals surface area contributed by atoms with Crippen molar-refractivity contribution >= 4 is 16.9 Å². The molecule has 0 saturated carbocycles. The van der Waals surface area contributed by atoms with Gasteiger partial charge in [-0.25, -0.2) is 14.2 Å². The molecule has 0 radical (unpaired) electrons. The Morgan fingerprint density at radius 1 is 1.22 bits per heavy atom. The second-order valence-electron chi connectivity index (χ2n) is 4.95. The number of rotatable bonds is 4. The molecule has 0 unspecified atom stereocenters. The molecule has 1 aromatic heterocycles. The van der Waals surface area contributed by atoms with E-state index < -0.39 is 11.8 Å². The number of ether oxygens (including phenoxy) is 1. The standard InChI is InChI=1S/C18H14FNO3/c1-2-23-17-6-4-3-5-12(17)16-10-14(18(21)22)13-9-11(19)7-8-15(13)20-16/h3-10H,2H2,1H3,(H,21,22). The minimum absolute atomic E-state index is 0.0100. The maximum Gasteiger partial charge on any atom is 0.336 e. The van der Waals surface area contributed by atoms with Gasteiger partial charge in [0.1, 0.15) is 11.6 Å². The van der Waals surface area contributed by atoms with Gasteiger partial charge in [0.2, 0.25) is 0 Å². The zero-order valence-corrected chi connectivity index (χ0v) is 12.4. The van der Waals surface area contributed by atoms with Gasteiger partial charge in [0, 0.05) is 10.9 Å². The van der Waals surface area contributed by atoms with Gasteiger partial charge in [-0.2, -0.15) is 0 Å². The van der Waals surface area contributed by atoms with E-state index in [4.69, 9.17) is 4.74 Å². The van der Waals surface area contributed by atoms with E-state index in [9.17, 15) is 14.3 Å². The number of nitrogens with zero attached hydrogens (tertiary/aromatic N) is 1. The number of hydrogen-bond acceptors (Lipinski definition) is 3. The maximum atomic E-state index is 13.4. The van der Waals surface area contributed by atoms with Gasteiger partial charge in [0.15, 0.2) is 0 Å². The van der Waals surface area contributed by atoms with Crippen LogP contribution < -0.4 is 4.74 Å². The number of hydrogen-bond donors (Lipinski definition) is 1. The van der Waals surface area contributed by atoms with Crippen LogP contribution in [0.1, 0.15) is 17.3 Å². The third kappa shape index (κ3) is 2.85. The molecule has 0 aliphatic heterocycles. The molecule has 0 aliphatic carbocycles. The fourth-order valence-corrected chi connectivity index (χ4v) is 2.47. The van der Waals surface area contributed by atoms with Crippen LogP contribution in [0.4, 0.5) is 4.39 Å². The predicted octanol–water partition coefficient (Wildman–Crippen LogP) is 4.14. The number of fused-ring (bicyclic) bond motifs is 1. The van der Waals surface area contributed by atoms with Crippen LogP contribution in [0.5, 0.6) is 5.75 Å². The summed E-state index contributed by atoms with van der Waals surface area (Å²) in [6, 6.07) is 12.6. The first-order chi connectivity index (χ1) is 11.1. The molecular formula is C18H14FNO3. The molecule has 1 N–H and O–H groups in total. The van der Waals surface area contributed by atoms with E-state index in [1.807, 2.05) is 25.1 Å². The van der Waals surface area contributed by atoms with Crippen molar-refractivity contribution in [2.24, 2.45) is 0 Å². The highest BCUT2D eigenvalue weighted by Gasteiger charge is 2.15. The average Bonchev–Trinajstić information content (AvgIpc) is 2.54. The zero-order valence-electron chi connectivity index (χ0n) is 12.4. The largest absolute Gasteiger partial charge is 0.493 e. The van der Waals surface area contributed by atoms with Gasteiger partial charge in [0.25, 0.3) is 0 Å². The Morgan fingerprint density at radius 2 is 2.00 bits per heavy atom. The molecule has 4 nitrogen and oxygen atoms in total. The summed E-state index contributed by atoms with van der Waals surface area (Å²) in [5, 5.41) is 9.71. The third-order valence-corrected chi connectivity index (χ3v) is 3.46. The first-order valence-corrected chi connectivity index (χ1v) is 7.16. The fraction of sp³-hybridized carbons (Fsp3) is 0.111. The normalized spacial score (nSPS) is 10.7. The highest BCUT2D eigenvalue weighted by Crippen LogP contribution is 2.31. The van der Waals surface area contributed by atoms with Crippen LogP contribution in [0.15, 0.2) is 48.5 Å². The SMILES string of the molecule is CCOc1ccccc1-c1cc(C(=O)O)c2cc(F)ccc2n1. The second-order valence-corrected chi connectivity index (χ2v) is 4.95. The molecule has 2 aromatic carbocycles. The number of carboxylic acids is 1. The van der Waals surface area contributed by atoms with Crippen molar-refractivity contribution < 1.29 is 19.0 Å². The van der Waals surface area contributed by atoms with Crippen molar-refractivity contribution in [3.63, 3.8) is 0 Å². The summed E-state index contributed by atoms with van der Waals surface area (Å²) >= 11 is 0. The summed E-state index contributed by atoms with van der Waals surface area (Å²) in [6.07, 6.45) is 0. The molecule has 0 aliphatic rings. The number of benzene rings is 2. The Bertz CT molecular complexity index is 893. The molecule has 5 heteroatoms. The number of halogens is 1. The van der Waals surface area contributed by atoms with Crippen LogP contribution in [-0.2, 0) is 0 Å². The number of carboxylic acid groups (broad SMARTS) is 1. The Kier molecular flexibility index (Phi) is 3.93.